The summed E-state index contributed by atoms with van der Waals surface area (Å²) in [6.07, 6.45) is 4.00. The first-order chi connectivity index (χ1) is 11.1. The van der Waals surface area contributed by atoms with Crippen molar-refractivity contribution in [1.82, 2.24) is 10.3 Å². The Hall–Kier alpha value is -2.50. The first kappa shape index (κ1) is 15.4. The molecule has 0 bridgehead atoms. The van der Waals surface area contributed by atoms with Crippen LogP contribution >= 0.6 is 0 Å². The second-order valence-corrected chi connectivity index (χ2v) is 5.52. The Kier molecular flexibility index (Phi) is 4.50. The van der Waals surface area contributed by atoms with E-state index in [0.29, 0.717) is 0 Å². The maximum atomic E-state index is 13.6. The van der Waals surface area contributed by atoms with Gasteiger partial charge in [0.2, 0.25) is 0 Å². The summed E-state index contributed by atoms with van der Waals surface area (Å²) in [4.78, 5) is 18.5. The lowest BCUT2D eigenvalue weighted by Crippen LogP contribution is -2.24. The van der Waals surface area contributed by atoms with Crippen molar-refractivity contribution in [3.05, 3.63) is 59.3 Å². The Morgan fingerprint density at radius 1 is 1.17 bits per heavy atom. The number of carbonyl (C=O) groups excluding carboxylic acids is 1. The van der Waals surface area contributed by atoms with Gasteiger partial charge in [-0.2, -0.15) is 0 Å². The molecule has 1 aromatic carbocycles. The van der Waals surface area contributed by atoms with Crippen LogP contribution in [0.3, 0.4) is 0 Å². The normalized spacial score (nSPS) is 14.1. The summed E-state index contributed by atoms with van der Waals surface area (Å²) in [5.41, 5.74) is 0.575. The van der Waals surface area contributed by atoms with Gasteiger partial charge in [0.25, 0.3) is 5.91 Å². The van der Waals surface area contributed by atoms with E-state index in [-0.39, 0.29) is 12.1 Å². The fraction of sp³-hybridized carbons (Fsp3) is 0.294. The summed E-state index contributed by atoms with van der Waals surface area (Å²) in [6, 6.07) is 6.53. The van der Waals surface area contributed by atoms with Crippen molar-refractivity contribution in [3.63, 3.8) is 0 Å². The fourth-order valence-electron chi connectivity index (χ4n) is 2.64. The van der Waals surface area contributed by atoms with Gasteiger partial charge in [0.15, 0.2) is 0 Å². The number of amides is 1. The highest BCUT2D eigenvalue weighted by Gasteiger charge is 2.15. The van der Waals surface area contributed by atoms with Crippen molar-refractivity contribution in [2.75, 3.05) is 18.0 Å². The average Bonchev–Trinajstić information content (AvgIpc) is 3.10. The van der Waals surface area contributed by atoms with Crippen LogP contribution in [0.25, 0.3) is 0 Å². The SMILES string of the molecule is O=C(NCc1ccnc(N2CCCC2)c1)c1cc(F)ccc1F. The molecule has 1 saturated heterocycles. The van der Waals surface area contributed by atoms with E-state index in [9.17, 15) is 13.6 Å². The summed E-state index contributed by atoms with van der Waals surface area (Å²) < 4.78 is 26.7. The topological polar surface area (TPSA) is 45.2 Å². The first-order valence-electron chi connectivity index (χ1n) is 7.56. The molecule has 23 heavy (non-hydrogen) atoms. The lowest BCUT2D eigenvalue weighted by Gasteiger charge is -2.17. The predicted octanol–water partition coefficient (Wildman–Crippen LogP) is 2.89. The van der Waals surface area contributed by atoms with Crippen molar-refractivity contribution in [2.24, 2.45) is 0 Å². The van der Waals surface area contributed by atoms with E-state index >= 15 is 0 Å². The van der Waals surface area contributed by atoms with Crippen LogP contribution in [-0.4, -0.2) is 24.0 Å². The standard InChI is InChI=1S/C17H17F2N3O/c18-13-3-4-15(19)14(10-13)17(23)21-11-12-5-6-20-16(9-12)22-7-1-2-8-22/h3-6,9-10H,1-2,7-8,11H2,(H,21,23). The largest absolute Gasteiger partial charge is 0.357 e. The Bertz CT molecular complexity index is 715. The third kappa shape index (κ3) is 3.64. The highest BCUT2D eigenvalue weighted by Crippen LogP contribution is 2.18. The van der Waals surface area contributed by atoms with E-state index in [1.165, 1.54) is 0 Å². The number of halogens is 2. The number of pyridine rings is 1. The zero-order chi connectivity index (χ0) is 16.2. The van der Waals surface area contributed by atoms with Crippen molar-refractivity contribution < 1.29 is 13.6 Å². The van der Waals surface area contributed by atoms with Crippen molar-refractivity contribution >= 4 is 11.7 Å². The van der Waals surface area contributed by atoms with Crippen LogP contribution in [0.5, 0.6) is 0 Å². The summed E-state index contributed by atoms with van der Waals surface area (Å²) in [5, 5.41) is 2.61. The predicted molar refractivity (Wildman–Crippen MR) is 83.2 cm³/mol. The van der Waals surface area contributed by atoms with E-state index in [4.69, 9.17) is 0 Å². The molecule has 1 aliphatic heterocycles. The Morgan fingerprint density at radius 2 is 1.96 bits per heavy atom. The third-order valence-electron chi connectivity index (χ3n) is 3.87. The molecule has 3 rings (SSSR count). The summed E-state index contributed by atoms with van der Waals surface area (Å²) in [6.45, 7) is 2.20. The molecule has 1 fully saturated rings. The number of benzene rings is 1. The Labute approximate surface area is 133 Å². The van der Waals surface area contributed by atoms with Gasteiger partial charge in [0.05, 0.1) is 5.56 Å². The zero-order valence-electron chi connectivity index (χ0n) is 12.6. The van der Waals surface area contributed by atoms with Crippen LogP contribution in [0.1, 0.15) is 28.8 Å². The maximum Gasteiger partial charge on any atom is 0.254 e. The summed E-state index contributed by atoms with van der Waals surface area (Å²) in [5.74, 6) is -1.14. The van der Waals surface area contributed by atoms with E-state index in [2.05, 4.69) is 15.2 Å². The maximum absolute atomic E-state index is 13.6. The Balaban J connectivity index is 1.67. The fourth-order valence-corrected chi connectivity index (χ4v) is 2.64. The van der Waals surface area contributed by atoms with Crippen LogP contribution in [0.15, 0.2) is 36.5 Å². The quantitative estimate of drug-likeness (QED) is 0.943. The number of anilines is 1. The molecule has 0 radical (unpaired) electrons. The van der Waals surface area contributed by atoms with Gasteiger partial charge in [0.1, 0.15) is 17.5 Å². The third-order valence-corrected chi connectivity index (χ3v) is 3.87. The smallest absolute Gasteiger partial charge is 0.254 e. The van der Waals surface area contributed by atoms with Crippen LogP contribution in [0.2, 0.25) is 0 Å². The van der Waals surface area contributed by atoms with E-state index in [1.807, 2.05) is 6.07 Å². The zero-order valence-corrected chi connectivity index (χ0v) is 12.6. The highest BCUT2D eigenvalue weighted by molar-refractivity contribution is 5.94. The van der Waals surface area contributed by atoms with Gasteiger partial charge in [-0.15, -0.1) is 0 Å². The number of nitrogens with one attached hydrogen (secondary N) is 1. The molecular formula is C17H17F2N3O. The molecule has 120 valence electrons. The second kappa shape index (κ2) is 6.73. The minimum atomic E-state index is -0.739. The number of hydrogen-bond acceptors (Lipinski definition) is 3. The molecule has 0 atom stereocenters. The molecule has 0 spiro atoms. The molecule has 1 aliphatic rings. The van der Waals surface area contributed by atoms with Gasteiger partial charge in [-0.05, 0) is 48.7 Å². The summed E-state index contributed by atoms with van der Waals surface area (Å²) in [7, 11) is 0. The Morgan fingerprint density at radius 3 is 2.74 bits per heavy atom. The van der Waals surface area contributed by atoms with Gasteiger partial charge < -0.3 is 10.2 Å². The molecule has 0 unspecified atom stereocenters. The molecule has 6 heteroatoms. The minimum Gasteiger partial charge on any atom is -0.357 e. The molecule has 1 N–H and O–H groups in total. The van der Waals surface area contributed by atoms with Gasteiger partial charge in [0, 0.05) is 25.8 Å². The number of rotatable bonds is 4. The molecule has 4 nitrogen and oxygen atoms in total. The van der Waals surface area contributed by atoms with Crippen molar-refractivity contribution in [1.29, 1.82) is 0 Å². The van der Waals surface area contributed by atoms with Crippen LogP contribution in [-0.2, 0) is 6.54 Å². The molecular weight excluding hydrogens is 300 g/mol. The number of hydrogen-bond donors (Lipinski definition) is 1. The molecule has 0 saturated carbocycles. The number of aromatic nitrogens is 1. The molecule has 1 amide bonds. The molecule has 1 aromatic heterocycles. The minimum absolute atomic E-state index is 0.234. The lowest BCUT2D eigenvalue weighted by atomic mass is 10.2. The van der Waals surface area contributed by atoms with Crippen molar-refractivity contribution in [2.45, 2.75) is 19.4 Å². The highest BCUT2D eigenvalue weighted by atomic mass is 19.1. The molecule has 0 aliphatic carbocycles. The molecule has 2 heterocycles. The van der Waals surface area contributed by atoms with Gasteiger partial charge in [-0.25, -0.2) is 13.8 Å². The van der Waals surface area contributed by atoms with Gasteiger partial charge in [-0.1, -0.05) is 0 Å². The van der Waals surface area contributed by atoms with Gasteiger partial charge >= 0.3 is 0 Å². The first-order valence-corrected chi connectivity index (χ1v) is 7.56. The van der Waals surface area contributed by atoms with Crippen molar-refractivity contribution in [3.8, 4) is 0 Å². The monoisotopic (exact) mass is 317 g/mol. The van der Waals surface area contributed by atoms with E-state index < -0.39 is 17.5 Å². The number of nitrogens with zero attached hydrogens (tertiary/aromatic N) is 2. The molecule has 2 aromatic rings. The second-order valence-electron chi connectivity index (χ2n) is 5.52. The van der Waals surface area contributed by atoms with Gasteiger partial charge in [-0.3, -0.25) is 4.79 Å². The number of carbonyl (C=O) groups is 1. The van der Waals surface area contributed by atoms with E-state index in [1.54, 1.807) is 12.3 Å². The van der Waals surface area contributed by atoms with Crippen LogP contribution < -0.4 is 10.2 Å². The van der Waals surface area contributed by atoms with E-state index in [0.717, 1.165) is 55.5 Å². The lowest BCUT2D eigenvalue weighted by molar-refractivity contribution is 0.0946. The van der Waals surface area contributed by atoms with Crippen LogP contribution in [0, 0.1) is 11.6 Å². The van der Waals surface area contributed by atoms with Crippen LogP contribution in [0.4, 0.5) is 14.6 Å². The summed E-state index contributed by atoms with van der Waals surface area (Å²) >= 11 is 0. The average molecular weight is 317 g/mol.